The van der Waals surface area contributed by atoms with E-state index >= 15 is 0 Å². The molecule has 0 saturated heterocycles. The first-order valence-electron chi connectivity index (χ1n) is 9.15. The number of para-hydroxylation sites is 1. The van der Waals surface area contributed by atoms with Crippen LogP contribution in [0.3, 0.4) is 0 Å². The molecule has 0 unspecified atom stereocenters. The highest BCUT2D eigenvalue weighted by Gasteiger charge is 2.04. The van der Waals surface area contributed by atoms with Gasteiger partial charge in [-0.25, -0.2) is 4.68 Å². The molecule has 1 heterocycles. The second-order valence-corrected chi connectivity index (χ2v) is 6.52. The molecule has 3 aromatic carbocycles. The van der Waals surface area contributed by atoms with E-state index in [4.69, 9.17) is 0 Å². The molecule has 27 heavy (non-hydrogen) atoms. The van der Waals surface area contributed by atoms with Crippen LogP contribution in [0, 0.1) is 0 Å². The number of fused-ring (bicyclic) bond motifs is 1. The van der Waals surface area contributed by atoms with Gasteiger partial charge in [0.2, 0.25) is 0 Å². The van der Waals surface area contributed by atoms with Crippen molar-refractivity contribution in [3.05, 3.63) is 108 Å². The number of allylic oxidation sites excluding steroid dienone is 1. The van der Waals surface area contributed by atoms with Crippen LogP contribution in [0.4, 0.5) is 0 Å². The minimum absolute atomic E-state index is 0.695. The standard InChI is InChI=1S/C23H22N4/c1-3-10-20(11-4-1)18-26(19-21-12-5-2-6-13-21)16-9-17-27-23-15-8-7-14-22(23)24-25-27/h1-16H,17-19H2. The van der Waals surface area contributed by atoms with E-state index in [-0.39, 0.29) is 0 Å². The molecule has 0 N–H and O–H groups in total. The van der Waals surface area contributed by atoms with Gasteiger partial charge in [-0.15, -0.1) is 5.10 Å². The summed E-state index contributed by atoms with van der Waals surface area (Å²) >= 11 is 0. The second-order valence-electron chi connectivity index (χ2n) is 6.52. The van der Waals surface area contributed by atoms with Gasteiger partial charge in [0, 0.05) is 13.1 Å². The molecule has 4 rings (SSSR count). The monoisotopic (exact) mass is 354 g/mol. The Bertz CT molecular complexity index is 965. The average Bonchev–Trinajstić information content (AvgIpc) is 3.13. The van der Waals surface area contributed by atoms with Gasteiger partial charge in [-0.1, -0.05) is 78.0 Å². The topological polar surface area (TPSA) is 34.0 Å². The zero-order valence-corrected chi connectivity index (χ0v) is 15.1. The molecule has 0 aliphatic rings. The average molecular weight is 354 g/mol. The lowest BCUT2D eigenvalue weighted by Gasteiger charge is -2.21. The van der Waals surface area contributed by atoms with Crippen molar-refractivity contribution >= 4 is 11.0 Å². The zero-order chi connectivity index (χ0) is 18.3. The molecular weight excluding hydrogens is 332 g/mol. The van der Waals surface area contributed by atoms with Crippen LogP contribution in [0.15, 0.2) is 97.2 Å². The number of benzene rings is 3. The van der Waals surface area contributed by atoms with Gasteiger partial charge in [0.05, 0.1) is 12.1 Å². The normalized spacial score (nSPS) is 11.3. The van der Waals surface area contributed by atoms with E-state index < -0.39 is 0 Å². The summed E-state index contributed by atoms with van der Waals surface area (Å²) in [6.45, 7) is 2.43. The summed E-state index contributed by atoms with van der Waals surface area (Å²) in [5.74, 6) is 0. The van der Waals surface area contributed by atoms with Gasteiger partial charge in [0.15, 0.2) is 0 Å². The summed E-state index contributed by atoms with van der Waals surface area (Å²) in [6, 6.07) is 29.1. The van der Waals surface area contributed by atoms with Crippen LogP contribution in [0.25, 0.3) is 11.0 Å². The van der Waals surface area contributed by atoms with Crippen molar-refractivity contribution in [2.75, 3.05) is 0 Å². The Balaban J connectivity index is 1.50. The van der Waals surface area contributed by atoms with Crippen molar-refractivity contribution < 1.29 is 0 Å². The van der Waals surface area contributed by atoms with Crippen LogP contribution >= 0.6 is 0 Å². The third-order valence-electron chi connectivity index (χ3n) is 4.47. The Morgan fingerprint density at radius 3 is 2.00 bits per heavy atom. The van der Waals surface area contributed by atoms with Gasteiger partial charge in [0.25, 0.3) is 0 Å². The Morgan fingerprint density at radius 1 is 0.741 bits per heavy atom. The van der Waals surface area contributed by atoms with Gasteiger partial charge in [-0.2, -0.15) is 0 Å². The SMILES string of the molecule is C(=CN(Cc1ccccc1)Cc1ccccc1)Cn1nnc2ccccc21. The van der Waals surface area contributed by atoms with E-state index in [1.165, 1.54) is 11.1 Å². The van der Waals surface area contributed by atoms with Crippen LogP contribution in [0.1, 0.15) is 11.1 Å². The van der Waals surface area contributed by atoms with Gasteiger partial charge in [0.1, 0.15) is 5.52 Å². The second kappa shape index (κ2) is 8.32. The number of rotatable bonds is 7. The third-order valence-corrected chi connectivity index (χ3v) is 4.47. The predicted molar refractivity (Wildman–Crippen MR) is 109 cm³/mol. The zero-order valence-electron chi connectivity index (χ0n) is 15.1. The van der Waals surface area contributed by atoms with Crippen LogP contribution in [-0.2, 0) is 19.6 Å². The molecule has 0 saturated carbocycles. The Labute approximate surface area is 159 Å². The summed E-state index contributed by atoms with van der Waals surface area (Å²) in [5.41, 5.74) is 4.57. The summed E-state index contributed by atoms with van der Waals surface area (Å²) in [6.07, 6.45) is 4.31. The fourth-order valence-electron chi connectivity index (χ4n) is 3.15. The van der Waals surface area contributed by atoms with Crippen LogP contribution in [0.2, 0.25) is 0 Å². The van der Waals surface area contributed by atoms with Crippen molar-refractivity contribution in [1.29, 1.82) is 0 Å². The van der Waals surface area contributed by atoms with Gasteiger partial charge in [-0.05, 0) is 35.5 Å². The molecule has 0 radical (unpaired) electrons. The van der Waals surface area contributed by atoms with Crippen LogP contribution < -0.4 is 0 Å². The molecule has 0 atom stereocenters. The summed E-state index contributed by atoms with van der Waals surface area (Å²) < 4.78 is 1.93. The number of hydrogen-bond acceptors (Lipinski definition) is 3. The fourth-order valence-corrected chi connectivity index (χ4v) is 3.15. The summed E-state index contributed by atoms with van der Waals surface area (Å²) in [5, 5.41) is 8.47. The highest BCUT2D eigenvalue weighted by atomic mass is 15.4. The van der Waals surface area contributed by atoms with E-state index in [0.717, 1.165) is 24.1 Å². The fraction of sp³-hybridized carbons (Fsp3) is 0.130. The van der Waals surface area contributed by atoms with E-state index in [9.17, 15) is 0 Å². The van der Waals surface area contributed by atoms with Crippen molar-refractivity contribution in [1.82, 2.24) is 19.9 Å². The molecule has 0 aliphatic heterocycles. The molecule has 0 bridgehead atoms. The molecule has 4 nitrogen and oxygen atoms in total. The van der Waals surface area contributed by atoms with Crippen LogP contribution in [0.5, 0.6) is 0 Å². The van der Waals surface area contributed by atoms with E-state index in [2.05, 4.69) is 94.2 Å². The largest absolute Gasteiger partial charge is 0.369 e. The van der Waals surface area contributed by atoms with Crippen molar-refractivity contribution in [2.45, 2.75) is 19.6 Å². The Kier molecular flexibility index (Phi) is 5.25. The summed E-state index contributed by atoms with van der Waals surface area (Å²) in [4.78, 5) is 2.32. The van der Waals surface area contributed by atoms with Gasteiger partial charge < -0.3 is 4.90 Å². The first kappa shape index (κ1) is 17.0. The maximum Gasteiger partial charge on any atom is 0.113 e. The first-order valence-corrected chi connectivity index (χ1v) is 9.15. The van der Waals surface area contributed by atoms with Gasteiger partial charge >= 0.3 is 0 Å². The molecular formula is C23H22N4. The number of nitrogens with zero attached hydrogens (tertiary/aromatic N) is 4. The number of hydrogen-bond donors (Lipinski definition) is 0. The maximum atomic E-state index is 4.26. The number of aromatic nitrogens is 3. The van der Waals surface area contributed by atoms with Gasteiger partial charge in [-0.3, -0.25) is 0 Å². The molecule has 1 aromatic heterocycles. The molecule has 0 amide bonds. The molecule has 4 heteroatoms. The van der Waals surface area contributed by atoms with Crippen molar-refractivity contribution in [3.8, 4) is 0 Å². The minimum atomic E-state index is 0.695. The maximum absolute atomic E-state index is 4.26. The van der Waals surface area contributed by atoms with E-state index in [1.807, 2.05) is 22.9 Å². The third kappa shape index (κ3) is 4.42. The highest BCUT2D eigenvalue weighted by Crippen LogP contribution is 2.12. The van der Waals surface area contributed by atoms with E-state index in [1.54, 1.807) is 0 Å². The van der Waals surface area contributed by atoms with Crippen LogP contribution in [-0.4, -0.2) is 19.9 Å². The Hall–Kier alpha value is -3.40. The Morgan fingerprint density at radius 2 is 1.33 bits per heavy atom. The van der Waals surface area contributed by atoms with Crippen molar-refractivity contribution in [3.63, 3.8) is 0 Å². The molecule has 0 fully saturated rings. The molecule has 0 aliphatic carbocycles. The highest BCUT2D eigenvalue weighted by molar-refractivity contribution is 5.73. The first-order chi connectivity index (χ1) is 13.4. The lowest BCUT2D eigenvalue weighted by Crippen LogP contribution is -2.16. The molecule has 134 valence electrons. The molecule has 4 aromatic rings. The van der Waals surface area contributed by atoms with E-state index in [0.29, 0.717) is 6.54 Å². The quantitative estimate of drug-likeness (QED) is 0.484. The van der Waals surface area contributed by atoms with Crippen molar-refractivity contribution in [2.24, 2.45) is 0 Å². The lowest BCUT2D eigenvalue weighted by molar-refractivity contribution is 0.360. The summed E-state index contributed by atoms with van der Waals surface area (Å²) in [7, 11) is 0. The molecule has 0 spiro atoms. The smallest absolute Gasteiger partial charge is 0.113 e. The predicted octanol–water partition coefficient (Wildman–Crippen LogP) is 4.65. The lowest BCUT2D eigenvalue weighted by atomic mass is 10.2. The minimum Gasteiger partial charge on any atom is -0.369 e.